The summed E-state index contributed by atoms with van der Waals surface area (Å²) in [4.78, 5) is 0. The van der Waals surface area contributed by atoms with E-state index in [9.17, 15) is 0 Å². The predicted molar refractivity (Wildman–Crippen MR) is 74.4 cm³/mol. The molecule has 17 heavy (non-hydrogen) atoms. The second-order valence-corrected chi connectivity index (χ2v) is 5.92. The average Bonchev–Trinajstić information content (AvgIpc) is 2.68. The molecule has 1 aliphatic carbocycles. The van der Waals surface area contributed by atoms with E-state index in [4.69, 9.17) is 11.6 Å². The molecule has 2 heteroatoms. The molecular weight excluding hydrogens is 230 g/mol. The van der Waals surface area contributed by atoms with E-state index in [-0.39, 0.29) is 0 Å². The first-order valence-electron chi connectivity index (χ1n) is 6.61. The van der Waals surface area contributed by atoms with Crippen molar-refractivity contribution < 1.29 is 0 Å². The van der Waals surface area contributed by atoms with Gasteiger partial charge in [-0.3, -0.25) is 0 Å². The fourth-order valence-electron chi connectivity index (χ4n) is 2.72. The van der Waals surface area contributed by atoms with Crippen LogP contribution in [0.15, 0.2) is 18.2 Å². The predicted octanol–water partition coefficient (Wildman–Crippen LogP) is 4.17. The first-order valence-corrected chi connectivity index (χ1v) is 6.98. The third kappa shape index (κ3) is 3.72. The topological polar surface area (TPSA) is 12.0 Å². The van der Waals surface area contributed by atoms with Gasteiger partial charge >= 0.3 is 0 Å². The first-order chi connectivity index (χ1) is 8.15. The Morgan fingerprint density at radius 1 is 1.35 bits per heavy atom. The number of hydrogen-bond donors (Lipinski definition) is 1. The Bertz CT molecular complexity index is 375. The van der Waals surface area contributed by atoms with E-state index in [0.29, 0.717) is 0 Å². The van der Waals surface area contributed by atoms with Gasteiger partial charge in [-0.15, -0.1) is 0 Å². The number of halogens is 1. The average molecular weight is 252 g/mol. The van der Waals surface area contributed by atoms with Crippen LogP contribution in [-0.2, 0) is 6.54 Å². The van der Waals surface area contributed by atoms with Gasteiger partial charge < -0.3 is 5.32 Å². The maximum absolute atomic E-state index is 6.21. The van der Waals surface area contributed by atoms with Crippen LogP contribution in [0.3, 0.4) is 0 Å². The van der Waals surface area contributed by atoms with Gasteiger partial charge in [0, 0.05) is 11.6 Å². The summed E-state index contributed by atoms with van der Waals surface area (Å²) in [6.45, 7) is 6.46. The Kier molecular flexibility index (Phi) is 4.47. The van der Waals surface area contributed by atoms with Crippen molar-refractivity contribution in [2.24, 2.45) is 11.8 Å². The number of rotatable bonds is 4. The van der Waals surface area contributed by atoms with E-state index in [2.05, 4.69) is 31.3 Å². The lowest BCUT2D eigenvalue weighted by Gasteiger charge is -2.12. The fraction of sp³-hybridized carbons (Fsp3) is 0.600. The smallest absolute Gasteiger partial charge is 0.0453 e. The van der Waals surface area contributed by atoms with Gasteiger partial charge in [0.05, 0.1) is 0 Å². The minimum atomic E-state index is 0.870. The molecule has 2 rings (SSSR count). The number of benzene rings is 1. The van der Waals surface area contributed by atoms with Crippen LogP contribution in [0.5, 0.6) is 0 Å². The van der Waals surface area contributed by atoms with Gasteiger partial charge in [-0.1, -0.05) is 37.1 Å². The Morgan fingerprint density at radius 2 is 2.18 bits per heavy atom. The summed E-state index contributed by atoms with van der Waals surface area (Å²) in [5.41, 5.74) is 2.44. The summed E-state index contributed by atoms with van der Waals surface area (Å²) in [6.07, 6.45) is 4.17. The molecule has 1 aliphatic rings. The molecule has 2 unspecified atom stereocenters. The number of nitrogens with one attached hydrogen (secondary N) is 1. The first kappa shape index (κ1) is 12.9. The highest BCUT2D eigenvalue weighted by Crippen LogP contribution is 2.29. The highest BCUT2D eigenvalue weighted by Gasteiger charge is 2.20. The molecule has 0 aliphatic heterocycles. The van der Waals surface area contributed by atoms with E-state index in [1.807, 2.05) is 6.07 Å². The lowest BCUT2D eigenvalue weighted by Crippen LogP contribution is -2.21. The molecular formula is C15H22ClN. The van der Waals surface area contributed by atoms with Crippen molar-refractivity contribution in [1.82, 2.24) is 5.32 Å². The van der Waals surface area contributed by atoms with Gasteiger partial charge in [-0.25, -0.2) is 0 Å². The molecule has 1 saturated carbocycles. The van der Waals surface area contributed by atoms with Crippen LogP contribution in [-0.4, -0.2) is 6.54 Å². The van der Waals surface area contributed by atoms with Crippen molar-refractivity contribution >= 4 is 11.6 Å². The SMILES string of the molecule is Cc1ccc(CNCC2CCC(C)C2)c(Cl)c1. The molecule has 0 aromatic heterocycles. The minimum absolute atomic E-state index is 0.870. The lowest BCUT2D eigenvalue weighted by molar-refractivity contribution is 0.470. The summed E-state index contributed by atoms with van der Waals surface area (Å²) in [5.74, 6) is 1.79. The molecule has 1 aromatic carbocycles. The summed E-state index contributed by atoms with van der Waals surface area (Å²) in [6, 6.07) is 6.29. The van der Waals surface area contributed by atoms with Crippen LogP contribution in [0.2, 0.25) is 5.02 Å². The van der Waals surface area contributed by atoms with Gasteiger partial charge in [0.15, 0.2) is 0 Å². The molecule has 0 radical (unpaired) electrons. The zero-order chi connectivity index (χ0) is 12.3. The molecule has 0 amide bonds. The van der Waals surface area contributed by atoms with E-state index in [1.165, 1.54) is 30.4 Å². The Morgan fingerprint density at radius 3 is 2.82 bits per heavy atom. The zero-order valence-electron chi connectivity index (χ0n) is 10.8. The monoisotopic (exact) mass is 251 g/mol. The molecule has 2 atom stereocenters. The molecule has 0 spiro atoms. The van der Waals surface area contributed by atoms with Crippen LogP contribution in [0.1, 0.15) is 37.3 Å². The Labute approximate surface area is 110 Å². The molecule has 1 N–H and O–H groups in total. The molecule has 1 nitrogen and oxygen atoms in total. The van der Waals surface area contributed by atoms with Crippen LogP contribution >= 0.6 is 11.6 Å². The lowest BCUT2D eigenvalue weighted by atomic mass is 10.1. The van der Waals surface area contributed by atoms with Gasteiger partial charge in [-0.05, 0) is 55.3 Å². The maximum atomic E-state index is 6.21. The highest BCUT2D eigenvalue weighted by atomic mass is 35.5. The molecule has 1 aromatic rings. The molecule has 0 saturated heterocycles. The Hall–Kier alpha value is -0.530. The summed E-state index contributed by atoms with van der Waals surface area (Å²) in [5, 5.41) is 4.43. The van der Waals surface area contributed by atoms with E-state index >= 15 is 0 Å². The van der Waals surface area contributed by atoms with Crippen LogP contribution < -0.4 is 5.32 Å². The van der Waals surface area contributed by atoms with Crippen molar-refractivity contribution in [3.8, 4) is 0 Å². The second kappa shape index (κ2) is 5.88. The molecule has 1 fully saturated rings. The fourth-order valence-corrected chi connectivity index (χ4v) is 3.02. The molecule has 94 valence electrons. The van der Waals surface area contributed by atoms with Gasteiger partial charge in [0.1, 0.15) is 0 Å². The van der Waals surface area contributed by atoms with Gasteiger partial charge in [0.2, 0.25) is 0 Å². The van der Waals surface area contributed by atoms with Gasteiger partial charge in [0.25, 0.3) is 0 Å². The second-order valence-electron chi connectivity index (χ2n) is 5.51. The third-order valence-corrected chi connectivity index (χ3v) is 4.11. The quantitative estimate of drug-likeness (QED) is 0.847. The van der Waals surface area contributed by atoms with E-state index in [1.54, 1.807) is 0 Å². The maximum Gasteiger partial charge on any atom is 0.0453 e. The van der Waals surface area contributed by atoms with Crippen LogP contribution in [0.25, 0.3) is 0 Å². The van der Waals surface area contributed by atoms with Crippen molar-refractivity contribution in [1.29, 1.82) is 0 Å². The zero-order valence-corrected chi connectivity index (χ0v) is 11.6. The standard InChI is InChI=1S/C15H22ClN/c1-11-3-5-13(7-11)9-17-10-14-6-4-12(2)8-15(14)16/h4,6,8,11,13,17H,3,5,7,9-10H2,1-2H3. The summed E-state index contributed by atoms with van der Waals surface area (Å²) < 4.78 is 0. The van der Waals surface area contributed by atoms with Crippen molar-refractivity contribution in [2.75, 3.05) is 6.54 Å². The minimum Gasteiger partial charge on any atom is -0.312 e. The van der Waals surface area contributed by atoms with E-state index < -0.39 is 0 Å². The van der Waals surface area contributed by atoms with Gasteiger partial charge in [-0.2, -0.15) is 0 Å². The molecule has 0 bridgehead atoms. The largest absolute Gasteiger partial charge is 0.312 e. The van der Waals surface area contributed by atoms with Crippen LogP contribution in [0.4, 0.5) is 0 Å². The van der Waals surface area contributed by atoms with Crippen molar-refractivity contribution in [3.63, 3.8) is 0 Å². The van der Waals surface area contributed by atoms with Crippen molar-refractivity contribution in [2.45, 2.75) is 39.7 Å². The summed E-state index contributed by atoms with van der Waals surface area (Å²) in [7, 11) is 0. The normalized spacial score (nSPS) is 24.2. The summed E-state index contributed by atoms with van der Waals surface area (Å²) >= 11 is 6.21. The van der Waals surface area contributed by atoms with Crippen molar-refractivity contribution in [3.05, 3.63) is 34.3 Å². The van der Waals surface area contributed by atoms with E-state index in [0.717, 1.165) is 29.9 Å². The van der Waals surface area contributed by atoms with Crippen LogP contribution in [0, 0.1) is 18.8 Å². The number of hydrogen-bond acceptors (Lipinski definition) is 1. The highest BCUT2D eigenvalue weighted by molar-refractivity contribution is 6.31. The number of aryl methyl sites for hydroxylation is 1. The third-order valence-electron chi connectivity index (χ3n) is 3.76. The Balaban J connectivity index is 1.78. The molecule has 0 heterocycles.